The summed E-state index contributed by atoms with van der Waals surface area (Å²) in [6, 6.07) is 14.8. The lowest BCUT2D eigenvalue weighted by Gasteiger charge is -2.07. The van der Waals surface area contributed by atoms with E-state index in [1.54, 1.807) is 11.8 Å². The van der Waals surface area contributed by atoms with Gasteiger partial charge in [-0.05, 0) is 60.2 Å². The first-order valence-electron chi connectivity index (χ1n) is 6.83. The number of nitrogens with zero attached hydrogens (tertiary/aromatic N) is 1. The Kier molecular flexibility index (Phi) is 3.77. The van der Waals surface area contributed by atoms with Crippen LogP contribution in [0.25, 0.3) is 0 Å². The number of hydrogen-bond donors (Lipinski definition) is 1. The molecule has 2 aromatic carbocycles. The summed E-state index contributed by atoms with van der Waals surface area (Å²) in [5.41, 5.74) is 10.3. The van der Waals surface area contributed by atoms with E-state index in [0.29, 0.717) is 12.1 Å². The first-order valence-corrected chi connectivity index (χ1v) is 7.64. The molecule has 0 radical (unpaired) electrons. The molecular weight excluding hydrogens is 264 g/mol. The second-order valence-electron chi connectivity index (χ2n) is 5.03. The molecule has 3 rings (SSSR count). The van der Waals surface area contributed by atoms with Crippen LogP contribution in [0, 0.1) is 11.3 Å². The summed E-state index contributed by atoms with van der Waals surface area (Å²) >= 11 is 1.66. The Morgan fingerprint density at radius 3 is 2.75 bits per heavy atom. The maximum Gasteiger partial charge on any atom is 0.100 e. The molecule has 0 atom stereocenters. The molecule has 3 heteroatoms. The molecule has 20 heavy (non-hydrogen) atoms. The van der Waals surface area contributed by atoms with Gasteiger partial charge in [0.1, 0.15) is 6.07 Å². The molecule has 2 aromatic rings. The van der Waals surface area contributed by atoms with Crippen LogP contribution >= 0.6 is 11.8 Å². The van der Waals surface area contributed by atoms with Crippen molar-refractivity contribution in [2.45, 2.75) is 35.6 Å². The molecule has 0 spiro atoms. The van der Waals surface area contributed by atoms with Crippen LogP contribution in [-0.2, 0) is 19.4 Å². The van der Waals surface area contributed by atoms with Crippen LogP contribution in [0.2, 0.25) is 0 Å². The van der Waals surface area contributed by atoms with Gasteiger partial charge in [-0.2, -0.15) is 5.26 Å². The predicted octanol–water partition coefficient (Wildman–Crippen LogP) is 3.66. The second-order valence-corrected chi connectivity index (χ2v) is 6.15. The van der Waals surface area contributed by atoms with Crippen LogP contribution < -0.4 is 5.73 Å². The van der Waals surface area contributed by atoms with Crippen LogP contribution in [0.3, 0.4) is 0 Å². The van der Waals surface area contributed by atoms with Crippen LogP contribution in [0.5, 0.6) is 0 Å². The number of aryl methyl sites for hydroxylation is 2. The van der Waals surface area contributed by atoms with Crippen molar-refractivity contribution in [2.75, 3.05) is 0 Å². The van der Waals surface area contributed by atoms with Gasteiger partial charge in [0.05, 0.1) is 5.56 Å². The Morgan fingerprint density at radius 2 is 1.95 bits per heavy atom. The molecule has 0 fully saturated rings. The van der Waals surface area contributed by atoms with Crippen molar-refractivity contribution in [2.24, 2.45) is 5.73 Å². The highest BCUT2D eigenvalue weighted by Crippen LogP contribution is 2.33. The highest BCUT2D eigenvalue weighted by molar-refractivity contribution is 7.99. The van der Waals surface area contributed by atoms with E-state index in [-0.39, 0.29) is 0 Å². The van der Waals surface area contributed by atoms with E-state index in [9.17, 15) is 5.26 Å². The number of benzene rings is 2. The average molecular weight is 280 g/mol. The van der Waals surface area contributed by atoms with Gasteiger partial charge in [-0.3, -0.25) is 0 Å². The summed E-state index contributed by atoms with van der Waals surface area (Å²) in [6.07, 6.45) is 3.65. The number of nitriles is 1. The maximum atomic E-state index is 9.27. The topological polar surface area (TPSA) is 49.8 Å². The Bertz CT molecular complexity index is 686. The Morgan fingerprint density at radius 1 is 1.10 bits per heavy atom. The van der Waals surface area contributed by atoms with Gasteiger partial charge in [0, 0.05) is 16.3 Å². The third-order valence-corrected chi connectivity index (χ3v) is 4.76. The molecule has 0 unspecified atom stereocenters. The third-order valence-electron chi connectivity index (χ3n) is 3.70. The van der Waals surface area contributed by atoms with Crippen molar-refractivity contribution in [1.82, 2.24) is 0 Å². The fourth-order valence-corrected chi connectivity index (χ4v) is 3.56. The zero-order valence-electron chi connectivity index (χ0n) is 11.2. The molecule has 1 aliphatic carbocycles. The van der Waals surface area contributed by atoms with E-state index in [1.807, 2.05) is 18.2 Å². The lowest BCUT2D eigenvalue weighted by molar-refractivity contribution is 0.911. The van der Waals surface area contributed by atoms with Crippen molar-refractivity contribution < 1.29 is 0 Å². The van der Waals surface area contributed by atoms with Crippen LogP contribution in [0.1, 0.15) is 28.7 Å². The number of nitrogens with two attached hydrogens (primary N) is 1. The fourth-order valence-electron chi connectivity index (χ4n) is 2.62. The summed E-state index contributed by atoms with van der Waals surface area (Å²) in [4.78, 5) is 2.21. The Labute approximate surface area is 123 Å². The average Bonchev–Trinajstić information content (AvgIpc) is 2.95. The quantitative estimate of drug-likeness (QED) is 0.933. The van der Waals surface area contributed by atoms with Gasteiger partial charge in [0.25, 0.3) is 0 Å². The second kappa shape index (κ2) is 5.70. The monoisotopic (exact) mass is 280 g/mol. The summed E-state index contributed by atoms with van der Waals surface area (Å²) < 4.78 is 0. The normalized spacial score (nSPS) is 13.0. The molecule has 1 aliphatic rings. The molecule has 0 aromatic heterocycles. The minimum atomic E-state index is 0.471. The summed E-state index contributed by atoms with van der Waals surface area (Å²) in [7, 11) is 0. The summed E-state index contributed by atoms with van der Waals surface area (Å²) in [5.74, 6) is 0. The third kappa shape index (κ3) is 2.58. The SMILES string of the molecule is N#Cc1cc(CN)ccc1Sc1ccc2c(c1)CCC2. The molecule has 0 amide bonds. The van der Waals surface area contributed by atoms with Gasteiger partial charge in [-0.15, -0.1) is 0 Å². The molecule has 0 saturated carbocycles. The minimum Gasteiger partial charge on any atom is -0.326 e. The lowest BCUT2D eigenvalue weighted by atomic mass is 10.1. The molecule has 100 valence electrons. The highest BCUT2D eigenvalue weighted by atomic mass is 32.2. The lowest BCUT2D eigenvalue weighted by Crippen LogP contribution is -1.97. The van der Waals surface area contributed by atoms with Crippen LogP contribution in [-0.4, -0.2) is 0 Å². The van der Waals surface area contributed by atoms with Crippen molar-refractivity contribution in [3.8, 4) is 6.07 Å². The largest absolute Gasteiger partial charge is 0.326 e. The molecule has 0 aliphatic heterocycles. The first kappa shape index (κ1) is 13.2. The van der Waals surface area contributed by atoms with E-state index < -0.39 is 0 Å². The van der Waals surface area contributed by atoms with E-state index in [0.717, 1.165) is 10.5 Å². The van der Waals surface area contributed by atoms with Crippen molar-refractivity contribution in [3.05, 3.63) is 58.7 Å². The smallest absolute Gasteiger partial charge is 0.100 e. The van der Waals surface area contributed by atoms with Crippen LogP contribution in [0.4, 0.5) is 0 Å². The van der Waals surface area contributed by atoms with Gasteiger partial charge >= 0.3 is 0 Å². The van der Waals surface area contributed by atoms with Gasteiger partial charge in [-0.1, -0.05) is 23.9 Å². The van der Waals surface area contributed by atoms with Crippen molar-refractivity contribution in [3.63, 3.8) is 0 Å². The predicted molar refractivity (Wildman–Crippen MR) is 81.6 cm³/mol. The number of fused-ring (bicyclic) bond motifs is 1. The van der Waals surface area contributed by atoms with E-state index >= 15 is 0 Å². The highest BCUT2D eigenvalue weighted by Gasteiger charge is 2.12. The molecule has 0 bridgehead atoms. The van der Waals surface area contributed by atoms with Gasteiger partial charge < -0.3 is 5.73 Å². The fraction of sp³-hybridized carbons (Fsp3) is 0.235. The van der Waals surface area contributed by atoms with Crippen LogP contribution in [0.15, 0.2) is 46.2 Å². The van der Waals surface area contributed by atoms with Gasteiger partial charge in [-0.25, -0.2) is 0 Å². The van der Waals surface area contributed by atoms with Crippen molar-refractivity contribution >= 4 is 11.8 Å². The molecule has 0 saturated heterocycles. The number of hydrogen-bond acceptors (Lipinski definition) is 3. The molecular formula is C17H16N2S. The zero-order valence-corrected chi connectivity index (χ0v) is 12.0. The maximum absolute atomic E-state index is 9.27. The van der Waals surface area contributed by atoms with Gasteiger partial charge in [0.2, 0.25) is 0 Å². The van der Waals surface area contributed by atoms with E-state index in [4.69, 9.17) is 5.73 Å². The zero-order chi connectivity index (χ0) is 13.9. The van der Waals surface area contributed by atoms with Gasteiger partial charge in [0.15, 0.2) is 0 Å². The Balaban J connectivity index is 1.90. The summed E-state index contributed by atoms with van der Waals surface area (Å²) in [6.45, 7) is 0.471. The Hall–Kier alpha value is -1.76. The molecule has 2 N–H and O–H groups in total. The van der Waals surface area contributed by atoms with Crippen molar-refractivity contribution in [1.29, 1.82) is 5.26 Å². The minimum absolute atomic E-state index is 0.471. The summed E-state index contributed by atoms with van der Waals surface area (Å²) in [5, 5.41) is 9.27. The first-order chi connectivity index (χ1) is 9.80. The molecule has 2 nitrogen and oxygen atoms in total. The molecule has 0 heterocycles. The standard InChI is InChI=1S/C17H16N2S/c18-10-12-4-7-17(15(8-12)11-19)20-16-6-5-13-2-1-3-14(13)9-16/h4-9H,1-3,10,18H2. The van der Waals surface area contributed by atoms with E-state index in [2.05, 4.69) is 24.3 Å². The number of rotatable bonds is 3. The van der Waals surface area contributed by atoms with E-state index in [1.165, 1.54) is 35.3 Å².